The number of hydrogen-bond acceptors (Lipinski definition) is 1. The van der Waals surface area contributed by atoms with Gasteiger partial charge in [-0.15, -0.1) is 0 Å². The van der Waals surface area contributed by atoms with Crippen LogP contribution in [0.5, 0.6) is 0 Å². The summed E-state index contributed by atoms with van der Waals surface area (Å²) in [5.41, 5.74) is 0. The number of rotatable bonds is 0. The quantitative estimate of drug-likeness (QED) is 0.571. The van der Waals surface area contributed by atoms with E-state index in [1.54, 1.807) is 6.20 Å². The molecule has 1 aromatic carbocycles. The van der Waals surface area contributed by atoms with Crippen molar-refractivity contribution in [3.63, 3.8) is 0 Å². The number of aromatic nitrogens is 1. The second kappa shape index (κ2) is 3.12. The molecule has 0 unspecified atom stereocenters. The van der Waals surface area contributed by atoms with Crippen LogP contribution in [0.15, 0.2) is 30.5 Å². The molecule has 0 fully saturated rings. The summed E-state index contributed by atoms with van der Waals surface area (Å²) in [5, 5.41) is 1.73. The Hall–Kier alpha value is -1.25. The summed E-state index contributed by atoms with van der Waals surface area (Å²) in [6.45, 7) is 0. The monoisotopic (exact) mass is 269 g/mol. The molecule has 15 heavy (non-hydrogen) atoms. The van der Waals surface area contributed by atoms with Gasteiger partial charge in [-0.2, -0.15) is 0 Å². The first-order chi connectivity index (χ1) is 7.25. The van der Waals surface area contributed by atoms with Crippen molar-refractivity contribution in [3.05, 3.63) is 42.1 Å². The normalized spacial score (nSPS) is 11.3. The van der Waals surface area contributed by atoms with Gasteiger partial charge in [-0.1, -0.05) is 0 Å². The number of benzene rings is 1. The van der Waals surface area contributed by atoms with Crippen molar-refractivity contribution in [1.29, 1.82) is 0 Å². The Morgan fingerprint density at radius 2 is 1.87 bits per heavy atom. The minimum absolute atomic E-state index is 0.000463. The summed E-state index contributed by atoms with van der Waals surface area (Å²) in [6, 6.07) is 6.25. The second-order valence-corrected chi connectivity index (χ2v) is 5.38. The molecule has 2 aromatic heterocycles. The number of halogens is 2. The molecule has 74 valence electrons. The van der Waals surface area contributed by atoms with Crippen molar-refractivity contribution in [3.8, 4) is 0 Å². The van der Waals surface area contributed by atoms with Gasteiger partial charge in [0.2, 0.25) is 0 Å². The van der Waals surface area contributed by atoms with Crippen LogP contribution in [0.1, 0.15) is 0 Å². The van der Waals surface area contributed by atoms with E-state index in [0.717, 1.165) is 19.4 Å². The van der Waals surface area contributed by atoms with E-state index in [1.165, 1.54) is 12.1 Å². The standard InChI is InChI=1S/C11H5F2NSe/c12-8-4-7-6-2-1-3-14-11(6)15-10(7)5-9(8)13/h1-5H. The molecule has 4 heteroatoms. The fourth-order valence-electron chi connectivity index (χ4n) is 1.60. The Morgan fingerprint density at radius 1 is 1.07 bits per heavy atom. The van der Waals surface area contributed by atoms with E-state index in [0.29, 0.717) is 0 Å². The van der Waals surface area contributed by atoms with Gasteiger partial charge in [0.1, 0.15) is 0 Å². The van der Waals surface area contributed by atoms with E-state index in [2.05, 4.69) is 4.98 Å². The summed E-state index contributed by atoms with van der Waals surface area (Å²) in [4.78, 5) is 4.22. The summed E-state index contributed by atoms with van der Waals surface area (Å²) >= 11 is 0.000463. The third kappa shape index (κ3) is 1.29. The molecule has 0 aliphatic heterocycles. The van der Waals surface area contributed by atoms with Crippen LogP contribution < -0.4 is 0 Å². The van der Waals surface area contributed by atoms with Gasteiger partial charge in [0.25, 0.3) is 0 Å². The van der Waals surface area contributed by atoms with Crippen LogP contribution in [0.4, 0.5) is 8.78 Å². The van der Waals surface area contributed by atoms with Crippen LogP contribution in [0.25, 0.3) is 19.4 Å². The summed E-state index contributed by atoms with van der Waals surface area (Å²) in [6.07, 6.45) is 1.71. The molecule has 0 aliphatic carbocycles. The zero-order valence-electron chi connectivity index (χ0n) is 7.50. The van der Waals surface area contributed by atoms with Gasteiger partial charge in [0, 0.05) is 0 Å². The van der Waals surface area contributed by atoms with E-state index in [-0.39, 0.29) is 14.5 Å². The molecule has 2 heterocycles. The fraction of sp³-hybridized carbons (Fsp3) is 0. The molecule has 1 nitrogen and oxygen atoms in total. The van der Waals surface area contributed by atoms with Crippen molar-refractivity contribution in [2.45, 2.75) is 0 Å². The molecular weight excluding hydrogens is 263 g/mol. The van der Waals surface area contributed by atoms with Crippen LogP contribution in [0.3, 0.4) is 0 Å². The SMILES string of the molecule is Fc1cc2[se]c3ncccc3c2cc1F. The van der Waals surface area contributed by atoms with E-state index >= 15 is 0 Å². The first kappa shape index (κ1) is 9.01. The number of hydrogen-bond donors (Lipinski definition) is 0. The Morgan fingerprint density at radius 3 is 2.73 bits per heavy atom. The van der Waals surface area contributed by atoms with Gasteiger partial charge >= 0.3 is 89.8 Å². The minimum atomic E-state index is -0.791. The number of fused-ring (bicyclic) bond motifs is 3. The van der Waals surface area contributed by atoms with Crippen LogP contribution in [0.2, 0.25) is 0 Å². The van der Waals surface area contributed by atoms with E-state index < -0.39 is 11.6 Å². The molecule has 0 spiro atoms. The molecule has 0 saturated carbocycles. The fourth-order valence-corrected chi connectivity index (χ4v) is 3.81. The second-order valence-electron chi connectivity index (χ2n) is 3.22. The maximum absolute atomic E-state index is 13.1. The Bertz CT molecular complexity index is 660. The van der Waals surface area contributed by atoms with E-state index in [1.807, 2.05) is 12.1 Å². The van der Waals surface area contributed by atoms with Crippen LogP contribution in [-0.2, 0) is 0 Å². The first-order valence-corrected chi connectivity index (χ1v) is 6.09. The molecule has 0 saturated heterocycles. The van der Waals surface area contributed by atoms with Crippen molar-refractivity contribution in [2.75, 3.05) is 0 Å². The summed E-state index contributed by atoms with van der Waals surface area (Å²) < 4.78 is 27.9. The molecular formula is C11H5F2NSe. The average Bonchev–Trinajstić information content (AvgIpc) is 2.57. The number of nitrogens with zero attached hydrogens (tertiary/aromatic N) is 1. The molecule has 0 amide bonds. The molecule has 3 rings (SSSR count). The van der Waals surface area contributed by atoms with Gasteiger partial charge in [0.15, 0.2) is 0 Å². The molecule has 0 aliphatic rings. The maximum atomic E-state index is 13.1. The van der Waals surface area contributed by atoms with Crippen LogP contribution >= 0.6 is 0 Å². The first-order valence-electron chi connectivity index (χ1n) is 4.38. The predicted molar refractivity (Wildman–Crippen MR) is 56.1 cm³/mol. The predicted octanol–water partition coefficient (Wildman–Crippen LogP) is 2.72. The molecule has 0 bridgehead atoms. The molecule has 0 radical (unpaired) electrons. The van der Waals surface area contributed by atoms with Crippen molar-refractivity contribution in [2.24, 2.45) is 0 Å². The average molecular weight is 268 g/mol. The molecule has 3 aromatic rings. The van der Waals surface area contributed by atoms with Gasteiger partial charge < -0.3 is 0 Å². The zero-order valence-corrected chi connectivity index (χ0v) is 9.21. The Kier molecular flexibility index (Phi) is 1.87. The molecule has 0 atom stereocenters. The Labute approximate surface area is 90.1 Å². The zero-order chi connectivity index (χ0) is 10.4. The molecule has 0 N–H and O–H groups in total. The van der Waals surface area contributed by atoms with E-state index in [9.17, 15) is 8.78 Å². The van der Waals surface area contributed by atoms with Crippen molar-refractivity contribution >= 4 is 33.9 Å². The summed E-state index contributed by atoms with van der Waals surface area (Å²) in [5.74, 6) is -1.57. The third-order valence-electron chi connectivity index (χ3n) is 2.29. The third-order valence-corrected chi connectivity index (χ3v) is 4.55. The van der Waals surface area contributed by atoms with Crippen molar-refractivity contribution in [1.82, 2.24) is 4.98 Å². The van der Waals surface area contributed by atoms with E-state index in [4.69, 9.17) is 0 Å². The van der Waals surface area contributed by atoms with Crippen molar-refractivity contribution < 1.29 is 8.78 Å². The topological polar surface area (TPSA) is 12.9 Å². The van der Waals surface area contributed by atoms with Crippen LogP contribution in [0, 0.1) is 11.6 Å². The van der Waals surface area contributed by atoms with Gasteiger partial charge in [-0.25, -0.2) is 0 Å². The number of pyridine rings is 1. The van der Waals surface area contributed by atoms with Gasteiger partial charge in [0.05, 0.1) is 0 Å². The Balaban J connectivity index is 2.56. The van der Waals surface area contributed by atoms with Gasteiger partial charge in [-0.3, -0.25) is 0 Å². The summed E-state index contributed by atoms with van der Waals surface area (Å²) in [7, 11) is 0. The van der Waals surface area contributed by atoms with Gasteiger partial charge in [-0.05, 0) is 0 Å². The van der Waals surface area contributed by atoms with Crippen LogP contribution in [-0.4, -0.2) is 19.5 Å².